The first-order valence-corrected chi connectivity index (χ1v) is 8.80. The zero-order chi connectivity index (χ0) is 18.7. The first-order chi connectivity index (χ1) is 12.5. The Balaban J connectivity index is 1.79. The van der Waals surface area contributed by atoms with Gasteiger partial charge < -0.3 is 20.1 Å². The van der Waals surface area contributed by atoms with E-state index in [4.69, 9.17) is 4.74 Å². The highest BCUT2D eigenvalue weighted by molar-refractivity contribution is 5.89. The lowest BCUT2D eigenvalue weighted by Gasteiger charge is -2.35. The predicted molar refractivity (Wildman–Crippen MR) is 97.1 cm³/mol. The number of Topliss-reactive ketones (excluding diaryl/α,β-unsaturated/α-hetero) is 1. The van der Waals surface area contributed by atoms with Gasteiger partial charge in [0.1, 0.15) is 11.9 Å². The number of carbonyl (C=O) groups is 1. The van der Waals surface area contributed by atoms with Crippen LogP contribution in [0, 0.1) is 12.8 Å². The van der Waals surface area contributed by atoms with Crippen molar-refractivity contribution < 1.29 is 24.9 Å². The number of ether oxygens (including phenoxy) is 1. The zero-order valence-corrected chi connectivity index (χ0v) is 14.7. The molecule has 3 N–H and O–H groups in total. The molecule has 0 aliphatic heterocycles. The summed E-state index contributed by atoms with van der Waals surface area (Å²) in [5.74, 6) is -0.559. The molecule has 0 saturated heterocycles. The number of aliphatic hydroxyl groups excluding tert-OH is 3. The van der Waals surface area contributed by atoms with Crippen molar-refractivity contribution in [3.05, 3.63) is 65.2 Å². The third kappa shape index (κ3) is 3.96. The Kier molecular flexibility index (Phi) is 5.71. The number of ketones is 1. The Labute approximate surface area is 152 Å². The van der Waals surface area contributed by atoms with E-state index in [0.29, 0.717) is 12.2 Å². The van der Waals surface area contributed by atoms with Crippen LogP contribution in [0.1, 0.15) is 23.1 Å². The van der Waals surface area contributed by atoms with Crippen molar-refractivity contribution in [3.8, 4) is 5.75 Å². The fraction of sp³-hybridized carbons (Fsp3) is 0.381. The monoisotopic (exact) mass is 356 g/mol. The van der Waals surface area contributed by atoms with Gasteiger partial charge in [-0.15, -0.1) is 0 Å². The molecule has 0 unspecified atom stereocenters. The summed E-state index contributed by atoms with van der Waals surface area (Å²) >= 11 is 0. The summed E-state index contributed by atoms with van der Waals surface area (Å²) < 4.78 is 5.91. The van der Waals surface area contributed by atoms with Gasteiger partial charge in [0.05, 0.1) is 6.10 Å². The SMILES string of the molecule is Cc1ccc(Cc2ccccc2O[C@@H]2C[C@H](CO)[C@@H](O)[C@H](O)C2=O)cc1. The molecule has 1 aliphatic carbocycles. The van der Waals surface area contributed by atoms with Gasteiger partial charge >= 0.3 is 0 Å². The minimum absolute atomic E-state index is 0.173. The number of benzene rings is 2. The molecule has 2 aromatic rings. The van der Waals surface area contributed by atoms with Gasteiger partial charge in [-0.3, -0.25) is 4.79 Å². The van der Waals surface area contributed by atoms with Crippen LogP contribution in [0.25, 0.3) is 0 Å². The minimum Gasteiger partial charge on any atom is -0.482 e. The van der Waals surface area contributed by atoms with E-state index < -0.39 is 30.0 Å². The Hall–Kier alpha value is -2.21. The molecule has 0 aromatic heterocycles. The van der Waals surface area contributed by atoms with Crippen LogP contribution in [0.4, 0.5) is 0 Å². The lowest BCUT2D eigenvalue weighted by molar-refractivity contribution is -0.153. The third-order valence-corrected chi connectivity index (χ3v) is 4.92. The molecule has 0 bridgehead atoms. The summed E-state index contributed by atoms with van der Waals surface area (Å²) in [6, 6.07) is 15.7. The second-order valence-corrected chi connectivity index (χ2v) is 6.89. The summed E-state index contributed by atoms with van der Waals surface area (Å²) in [6.45, 7) is 1.73. The normalized spacial score (nSPS) is 25.9. The lowest BCUT2D eigenvalue weighted by atomic mass is 9.82. The van der Waals surface area contributed by atoms with Crippen LogP contribution in [0.15, 0.2) is 48.5 Å². The molecule has 0 heterocycles. The zero-order valence-electron chi connectivity index (χ0n) is 14.7. The molecule has 0 amide bonds. The van der Waals surface area contributed by atoms with Crippen molar-refractivity contribution in [2.75, 3.05) is 6.61 Å². The average Bonchev–Trinajstić information content (AvgIpc) is 2.65. The van der Waals surface area contributed by atoms with Gasteiger partial charge in [-0.25, -0.2) is 0 Å². The van der Waals surface area contributed by atoms with E-state index in [2.05, 4.69) is 12.1 Å². The van der Waals surface area contributed by atoms with Crippen LogP contribution in [-0.4, -0.2) is 46.0 Å². The average molecular weight is 356 g/mol. The lowest BCUT2D eigenvalue weighted by Crippen LogP contribution is -2.53. The molecule has 1 fully saturated rings. The van der Waals surface area contributed by atoms with E-state index in [-0.39, 0.29) is 13.0 Å². The summed E-state index contributed by atoms with van der Waals surface area (Å²) in [5, 5.41) is 29.2. The Morgan fingerprint density at radius 2 is 1.77 bits per heavy atom. The largest absolute Gasteiger partial charge is 0.482 e. The molecule has 3 rings (SSSR count). The number of aliphatic hydroxyl groups is 3. The molecule has 5 nitrogen and oxygen atoms in total. The summed E-state index contributed by atoms with van der Waals surface area (Å²) in [5.41, 5.74) is 3.25. The highest BCUT2D eigenvalue weighted by Gasteiger charge is 2.43. The summed E-state index contributed by atoms with van der Waals surface area (Å²) in [7, 11) is 0. The molecule has 0 spiro atoms. The maximum Gasteiger partial charge on any atom is 0.204 e. The van der Waals surface area contributed by atoms with Crippen molar-refractivity contribution in [3.63, 3.8) is 0 Å². The van der Waals surface area contributed by atoms with E-state index in [1.165, 1.54) is 5.56 Å². The standard InChI is InChI=1S/C21H24O5/c1-13-6-8-14(9-7-13)10-15-4-2-3-5-17(15)26-18-11-16(12-22)19(23)21(25)20(18)24/h2-9,16,18-19,21-23,25H,10-12H2,1H3/t16-,18-,19-,21+/m1/s1. The summed E-state index contributed by atoms with van der Waals surface area (Å²) in [6.07, 6.45) is -2.84. The minimum atomic E-state index is -1.53. The summed E-state index contributed by atoms with van der Waals surface area (Å²) in [4.78, 5) is 12.3. The Bertz CT molecular complexity index is 755. The number of aryl methyl sites for hydroxylation is 1. The molecule has 26 heavy (non-hydrogen) atoms. The topological polar surface area (TPSA) is 87.0 Å². The second kappa shape index (κ2) is 7.99. The van der Waals surface area contributed by atoms with Crippen LogP contribution in [0.3, 0.4) is 0 Å². The molecule has 5 heteroatoms. The molecule has 1 saturated carbocycles. The predicted octanol–water partition coefficient (Wildman–Crippen LogP) is 1.64. The highest BCUT2D eigenvalue weighted by Crippen LogP contribution is 2.29. The van der Waals surface area contributed by atoms with Crippen LogP contribution in [0.2, 0.25) is 0 Å². The van der Waals surface area contributed by atoms with E-state index in [1.807, 2.05) is 37.3 Å². The number of carbonyl (C=O) groups excluding carboxylic acids is 1. The number of hydrogen-bond acceptors (Lipinski definition) is 5. The van der Waals surface area contributed by atoms with E-state index in [9.17, 15) is 20.1 Å². The van der Waals surface area contributed by atoms with Gasteiger partial charge in [-0.2, -0.15) is 0 Å². The smallest absolute Gasteiger partial charge is 0.204 e. The molecular weight excluding hydrogens is 332 g/mol. The van der Waals surface area contributed by atoms with Crippen LogP contribution < -0.4 is 4.74 Å². The molecule has 1 aliphatic rings. The van der Waals surface area contributed by atoms with E-state index in [0.717, 1.165) is 11.1 Å². The fourth-order valence-electron chi connectivity index (χ4n) is 3.28. The van der Waals surface area contributed by atoms with Crippen molar-refractivity contribution in [1.29, 1.82) is 0 Å². The van der Waals surface area contributed by atoms with Crippen LogP contribution >= 0.6 is 0 Å². The quantitative estimate of drug-likeness (QED) is 0.758. The maximum atomic E-state index is 12.3. The molecule has 138 valence electrons. The molecular formula is C21H24O5. The Morgan fingerprint density at radius 1 is 1.08 bits per heavy atom. The number of para-hydroxylation sites is 1. The van der Waals surface area contributed by atoms with Gasteiger partial charge in [-0.05, 0) is 30.5 Å². The van der Waals surface area contributed by atoms with Gasteiger partial charge in [0.15, 0.2) is 6.10 Å². The first kappa shape index (κ1) is 18.6. The Morgan fingerprint density at radius 3 is 2.46 bits per heavy atom. The maximum absolute atomic E-state index is 12.3. The molecule has 4 atom stereocenters. The van der Waals surface area contributed by atoms with Crippen molar-refractivity contribution in [1.82, 2.24) is 0 Å². The highest BCUT2D eigenvalue weighted by atomic mass is 16.5. The van der Waals surface area contributed by atoms with E-state index in [1.54, 1.807) is 6.07 Å². The molecule has 2 aromatic carbocycles. The van der Waals surface area contributed by atoms with Gasteiger partial charge in [0.25, 0.3) is 0 Å². The van der Waals surface area contributed by atoms with E-state index >= 15 is 0 Å². The number of hydrogen-bond donors (Lipinski definition) is 3. The molecule has 0 radical (unpaired) electrons. The van der Waals surface area contributed by atoms with Crippen molar-refractivity contribution in [2.45, 2.75) is 38.1 Å². The van der Waals surface area contributed by atoms with Crippen molar-refractivity contribution in [2.24, 2.45) is 5.92 Å². The first-order valence-electron chi connectivity index (χ1n) is 8.80. The fourth-order valence-corrected chi connectivity index (χ4v) is 3.28. The number of rotatable bonds is 5. The van der Waals surface area contributed by atoms with Gasteiger partial charge in [-0.1, -0.05) is 48.0 Å². The third-order valence-electron chi connectivity index (χ3n) is 4.92. The van der Waals surface area contributed by atoms with Gasteiger partial charge in [0, 0.05) is 18.9 Å². The van der Waals surface area contributed by atoms with Crippen LogP contribution in [0.5, 0.6) is 5.75 Å². The van der Waals surface area contributed by atoms with Gasteiger partial charge in [0.2, 0.25) is 5.78 Å². The second-order valence-electron chi connectivity index (χ2n) is 6.89. The van der Waals surface area contributed by atoms with Crippen molar-refractivity contribution >= 4 is 5.78 Å². The van der Waals surface area contributed by atoms with Crippen LogP contribution in [-0.2, 0) is 11.2 Å².